The van der Waals surface area contributed by atoms with Crippen molar-refractivity contribution < 1.29 is 20.1 Å². The van der Waals surface area contributed by atoms with E-state index < -0.39 is 18.2 Å². The molecule has 0 radical (unpaired) electrons. The Hall–Kier alpha value is -0.910. The zero-order chi connectivity index (χ0) is 37.3. The molecule has 3 atom stereocenters. The summed E-state index contributed by atoms with van der Waals surface area (Å²) in [6, 6.07) is -0.808. The molecule has 1 amide bonds. The fraction of sp³-hybridized carbons (Fsp3) is 0.935. The molecule has 0 aliphatic heterocycles. The SMILES string of the molecule is CCCCCCCC/C=C\CCCCCCCCCC(=O)NC(CO)C(O)C(O)CCCCCCCCCCCCCCCCCCCCCC. The van der Waals surface area contributed by atoms with Gasteiger partial charge in [-0.1, -0.05) is 219 Å². The van der Waals surface area contributed by atoms with Crippen LogP contribution in [0.2, 0.25) is 0 Å². The number of nitrogens with one attached hydrogen (secondary N) is 1. The number of aliphatic hydroxyl groups excluding tert-OH is 3. The Morgan fingerprint density at radius 3 is 1.14 bits per heavy atom. The van der Waals surface area contributed by atoms with Gasteiger partial charge in [0, 0.05) is 6.42 Å². The lowest BCUT2D eigenvalue weighted by atomic mass is 9.99. The smallest absolute Gasteiger partial charge is 0.220 e. The largest absolute Gasteiger partial charge is 0.394 e. The van der Waals surface area contributed by atoms with E-state index >= 15 is 0 Å². The highest BCUT2D eigenvalue weighted by atomic mass is 16.3. The second kappa shape index (κ2) is 41.8. The van der Waals surface area contributed by atoms with E-state index in [-0.39, 0.29) is 12.5 Å². The minimum atomic E-state index is -1.13. The lowest BCUT2D eigenvalue weighted by Gasteiger charge is -2.26. The minimum absolute atomic E-state index is 0.146. The van der Waals surface area contributed by atoms with Crippen molar-refractivity contribution in [1.29, 1.82) is 0 Å². The van der Waals surface area contributed by atoms with Gasteiger partial charge in [-0.25, -0.2) is 0 Å². The molecule has 3 unspecified atom stereocenters. The summed E-state index contributed by atoms with van der Waals surface area (Å²) in [6.07, 6.45) is 48.9. The van der Waals surface area contributed by atoms with Crippen molar-refractivity contribution in [2.45, 2.75) is 270 Å². The van der Waals surface area contributed by atoms with Gasteiger partial charge in [0.15, 0.2) is 0 Å². The van der Waals surface area contributed by atoms with Crippen molar-refractivity contribution in [3.8, 4) is 0 Å². The molecule has 0 heterocycles. The Labute approximate surface area is 319 Å². The molecule has 304 valence electrons. The first-order chi connectivity index (χ1) is 25.1. The van der Waals surface area contributed by atoms with E-state index in [4.69, 9.17) is 0 Å². The van der Waals surface area contributed by atoms with Gasteiger partial charge < -0.3 is 20.6 Å². The Bertz CT molecular complexity index is 713. The molecule has 0 saturated heterocycles. The molecule has 0 aromatic carbocycles. The molecular weight excluding hydrogens is 631 g/mol. The molecule has 0 rings (SSSR count). The summed E-state index contributed by atoms with van der Waals surface area (Å²) in [5.74, 6) is -0.146. The van der Waals surface area contributed by atoms with Gasteiger partial charge in [0.2, 0.25) is 5.91 Å². The third-order valence-electron chi connectivity index (χ3n) is 10.9. The van der Waals surface area contributed by atoms with Crippen LogP contribution in [-0.2, 0) is 4.79 Å². The van der Waals surface area contributed by atoms with Gasteiger partial charge in [-0.3, -0.25) is 4.79 Å². The quantitative estimate of drug-likeness (QED) is 0.0373. The molecular formula is C46H91NO4. The molecule has 0 bridgehead atoms. The third kappa shape index (κ3) is 37.2. The number of unbranched alkanes of at least 4 members (excludes halogenated alkanes) is 32. The van der Waals surface area contributed by atoms with Crippen LogP contribution in [-0.4, -0.2) is 46.1 Å². The number of allylic oxidation sites excluding steroid dienone is 2. The predicted octanol–water partition coefficient (Wildman–Crippen LogP) is 13.2. The molecule has 0 aliphatic rings. The number of carbonyl (C=O) groups is 1. The summed E-state index contributed by atoms with van der Waals surface area (Å²) in [4.78, 5) is 12.4. The zero-order valence-corrected chi connectivity index (χ0v) is 34.5. The number of hydrogen-bond donors (Lipinski definition) is 4. The standard InChI is InChI=1S/C46H91NO4/c1-3-5-7-9-11-13-15-17-19-21-22-23-25-26-28-30-32-34-36-38-40-44(49)46(51)43(42-48)47-45(50)41-39-37-35-33-31-29-27-24-20-18-16-14-12-10-8-6-4-2/h18,20,43-44,46,48-49,51H,3-17,19,21-42H2,1-2H3,(H,47,50)/b20-18-. The van der Waals surface area contributed by atoms with Crippen molar-refractivity contribution >= 4 is 5.91 Å². The van der Waals surface area contributed by atoms with Crippen LogP contribution in [0.4, 0.5) is 0 Å². The molecule has 0 fully saturated rings. The van der Waals surface area contributed by atoms with Gasteiger partial charge in [-0.15, -0.1) is 0 Å². The summed E-state index contributed by atoms with van der Waals surface area (Å²) < 4.78 is 0. The van der Waals surface area contributed by atoms with Crippen molar-refractivity contribution in [1.82, 2.24) is 5.32 Å². The molecule has 0 saturated carbocycles. The maximum absolute atomic E-state index is 12.4. The Kier molecular flexibility index (Phi) is 41.1. The first kappa shape index (κ1) is 50.1. The Morgan fingerprint density at radius 2 is 0.784 bits per heavy atom. The highest BCUT2D eigenvalue weighted by Crippen LogP contribution is 2.17. The number of hydrogen-bond acceptors (Lipinski definition) is 4. The number of carbonyl (C=O) groups excluding carboxylic acids is 1. The van der Waals surface area contributed by atoms with E-state index in [0.717, 1.165) is 38.5 Å². The molecule has 0 spiro atoms. The molecule has 0 aromatic rings. The average Bonchev–Trinajstić information content (AvgIpc) is 3.13. The van der Waals surface area contributed by atoms with Crippen LogP contribution in [0, 0.1) is 0 Å². The van der Waals surface area contributed by atoms with Crippen LogP contribution in [0.3, 0.4) is 0 Å². The highest BCUT2D eigenvalue weighted by molar-refractivity contribution is 5.76. The van der Waals surface area contributed by atoms with E-state index in [1.165, 1.54) is 186 Å². The molecule has 5 heteroatoms. The molecule has 0 aliphatic carbocycles. The summed E-state index contributed by atoms with van der Waals surface area (Å²) in [5.41, 5.74) is 0. The maximum Gasteiger partial charge on any atom is 0.220 e. The van der Waals surface area contributed by atoms with Crippen LogP contribution in [0.25, 0.3) is 0 Å². The lowest BCUT2D eigenvalue weighted by molar-refractivity contribution is -0.124. The summed E-state index contributed by atoms with van der Waals surface area (Å²) in [5, 5.41) is 33.6. The first-order valence-electron chi connectivity index (χ1n) is 23.0. The fourth-order valence-electron chi connectivity index (χ4n) is 7.28. The van der Waals surface area contributed by atoms with E-state index in [2.05, 4.69) is 31.3 Å². The lowest BCUT2D eigenvalue weighted by Crippen LogP contribution is -2.50. The summed E-state index contributed by atoms with van der Waals surface area (Å²) in [6.45, 7) is 4.19. The van der Waals surface area contributed by atoms with E-state index in [1.807, 2.05) is 0 Å². The second-order valence-corrected chi connectivity index (χ2v) is 16.0. The maximum atomic E-state index is 12.4. The molecule has 51 heavy (non-hydrogen) atoms. The number of amides is 1. The minimum Gasteiger partial charge on any atom is -0.394 e. The van der Waals surface area contributed by atoms with E-state index in [9.17, 15) is 20.1 Å². The van der Waals surface area contributed by atoms with Crippen LogP contribution in [0.5, 0.6) is 0 Å². The van der Waals surface area contributed by atoms with Gasteiger partial charge in [0.25, 0.3) is 0 Å². The summed E-state index contributed by atoms with van der Waals surface area (Å²) >= 11 is 0. The van der Waals surface area contributed by atoms with Gasteiger partial charge in [-0.05, 0) is 38.5 Å². The predicted molar refractivity (Wildman–Crippen MR) is 222 cm³/mol. The van der Waals surface area contributed by atoms with Crippen molar-refractivity contribution in [2.75, 3.05) is 6.61 Å². The second-order valence-electron chi connectivity index (χ2n) is 16.0. The highest BCUT2D eigenvalue weighted by Gasteiger charge is 2.26. The topological polar surface area (TPSA) is 89.8 Å². The van der Waals surface area contributed by atoms with Crippen LogP contribution < -0.4 is 5.32 Å². The third-order valence-corrected chi connectivity index (χ3v) is 10.9. The van der Waals surface area contributed by atoms with Crippen molar-refractivity contribution in [3.05, 3.63) is 12.2 Å². The van der Waals surface area contributed by atoms with E-state index in [0.29, 0.717) is 12.8 Å². The Morgan fingerprint density at radius 1 is 0.471 bits per heavy atom. The summed E-state index contributed by atoms with van der Waals surface area (Å²) in [7, 11) is 0. The average molecular weight is 722 g/mol. The van der Waals surface area contributed by atoms with Gasteiger partial charge in [0.05, 0.1) is 18.8 Å². The van der Waals surface area contributed by atoms with Crippen LogP contribution in [0.1, 0.15) is 251 Å². The Balaban J connectivity index is 3.59. The molecule has 5 nitrogen and oxygen atoms in total. The van der Waals surface area contributed by atoms with Gasteiger partial charge in [-0.2, -0.15) is 0 Å². The fourth-order valence-corrected chi connectivity index (χ4v) is 7.28. The monoisotopic (exact) mass is 722 g/mol. The zero-order valence-electron chi connectivity index (χ0n) is 34.5. The molecule has 4 N–H and O–H groups in total. The number of aliphatic hydroxyl groups is 3. The van der Waals surface area contributed by atoms with Crippen molar-refractivity contribution in [3.63, 3.8) is 0 Å². The van der Waals surface area contributed by atoms with Crippen molar-refractivity contribution in [2.24, 2.45) is 0 Å². The van der Waals surface area contributed by atoms with Gasteiger partial charge in [0.1, 0.15) is 6.10 Å². The van der Waals surface area contributed by atoms with Crippen LogP contribution in [0.15, 0.2) is 12.2 Å². The molecule has 0 aromatic heterocycles. The first-order valence-corrected chi connectivity index (χ1v) is 23.0. The van der Waals surface area contributed by atoms with Crippen LogP contribution >= 0.6 is 0 Å². The normalized spacial score (nSPS) is 13.6. The number of rotatable bonds is 42. The van der Waals surface area contributed by atoms with E-state index in [1.54, 1.807) is 0 Å². The van der Waals surface area contributed by atoms with Gasteiger partial charge >= 0.3 is 0 Å².